The van der Waals surface area contributed by atoms with E-state index >= 15 is 0 Å². The van der Waals surface area contributed by atoms with Crippen LogP contribution in [0.5, 0.6) is 11.5 Å². The normalized spacial score (nSPS) is 11.0. The lowest BCUT2D eigenvalue weighted by Gasteiger charge is -2.09. The fourth-order valence-corrected chi connectivity index (χ4v) is 2.59. The Bertz CT molecular complexity index is 975. The van der Waals surface area contributed by atoms with Gasteiger partial charge in [0.15, 0.2) is 5.82 Å². The minimum atomic E-state index is 0.401. The summed E-state index contributed by atoms with van der Waals surface area (Å²) < 4.78 is 12.7. The Morgan fingerprint density at radius 3 is 2.68 bits per heavy atom. The van der Waals surface area contributed by atoms with E-state index in [1.165, 1.54) is 0 Å². The maximum atomic E-state index is 5.46. The van der Waals surface area contributed by atoms with Gasteiger partial charge in [-0.1, -0.05) is 24.3 Å². The van der Waals surface area contributed by atoms with Gasteiger partial charge in [-0.05, 0) is 42.4 Å². The van der Waals surface area contributed by atoms with Crippen LogP contribution in [-0.2, 0) is 0 Å². The number of ether oxygens (including phenoxy) is 2. The fourth-order valence-electron chi connectivity index (χ4n) is 2.41. The van der Waals surface area contributed by atoms with E-state index in [-0.39, 0.29) is 0 Å². The van der Waals surface area contributed by atoms with Crippen LogP contribution in [0.2, 0.25) is 0 Å². The summed E-state index contributed by atoms with van der Waals surface area (Å²) in [6.45, 7) is 2.03. The van der Waals surface area contributed by atoms with Crippen molar-refractivity contribution in [2.24, 2.45) is 5.10 Å². The van der Waals surface area contributed by atoms with Gasteiger partial charge >= 0.3 is 0 Å². The zero-order valence-corrected chi connectivity index (χ0v) is 15.0. The van der Waals surface area contributed by atoms with E-state index in [1.54, 1.807) is 31.2 Å². The van der Waals surface area contributed by atoms with E-state index in [2.05, 4.69) is 15.3 Å². The zero-order valence-electron chi connectivity index (χ0n) is 14.2. The van der Waals surface area contributed by atoms with Crippen molar-refractivity contribution < 1.29 is 9.47 Å². The molecular weight excluding hydrogens is 336 g/mol. The second-order valence-electron chi connectivity index (χ2n) is 5.33. The van der Waals surface area contributed by atoms with Crippen LogP contribution in [0.4, 0.5) is 0 Å². The second-order valence-corrected chi connectivity index (χ2v) is 5.72. The van der Waals surface area contributed by atoms with Crippen LogP contribution < -0.4 is 9.47 Å². The third-order valence-corrected chi connectivity index (χ3v) is 4.07. The molecule has 6 nitrogen and oxygen atoms in total. The Hall–Kier alpha value is -2.93. The number of nitrogens with one attached hydrogen (secondary N) is 1. The molecular formula is C18H18N4O2S. The number of methoxy groups -OCH3 is 2. The van der Waals surface area contributed by atoms with Crippen molar-refractivity contribution in [1.82, 2.24) is 14.9 Å². The molecule has 1 aromatic heterocycles. The third-order valence-electron chi connectivity index (χ3n) is 3.80. The maximum Gasteiger partial charge on any atom is 0.216 e. The molecule has 0 unspecified atom stereocenters. The predicted molar refractivity (Wildman–Crippen MR) is 100 cm³/mol. The number of H-pyrrole nitrogens is 1. The minimum Gasteiger partial charge on any atom is -0.497 e. The first-order valence-corrected chi connectivity index (χ1v) is 8.04. The minimum absolute atomic E-state index is 0.401. The number of aromatic amines is 1. The van der Waals surface area contributed by atoms with Crippen LogP contribution in [0.3, 0.4) is 0 Å². The molecule has 1 heterocycles. The Labute approximate surface area is 150 Å². The molecule has 0 aliphatic carbocycles. The van der Waals surface area contributed by atoms with Gasteiger partial charge in [-0.15, -0.1) is 0 Å². The van der Waals surface area contributed by atoms with Crippen molar-refractivity contribution in [3.05, 3.63) is 58.4 Å². The first-order valence-electron chi connectivity index (χ1n) is 7.64. The van der Waals surface area contributed by atoms with Crippen LogP contribution >= 0.6 is 12.2 Å². The van der Waals surface area contributed by atoms with Gasteiger partial charge in [-0.3, -0.25) is 0 Å². The van der Waals surface area contributed by atoms with E-state index in [0.717, 1.165) is 16.7 Å². The third kappa shape index (κ3) is 3.46. The van der Waals surface area contributed by atoms with Crippen LogP contribution in [0.1, 0.15) is 11.1 Å². The highest BCUT2D eigenvalue weighted by Crippen LogP contribution is 2.32. The number of hydrogen-bond donors (Lipinski definition) is 1. The SMILES string of the molecule is COc1ccc(-c2n[nH]c(=S)n2/N=C\c2ccccc2C)c(OC)c1. The summed E-state index contributed by atoms with van der Waals surface area (Å²) in [4.78, 5) is 0. The molecule has 0 saturated carbocycles. The molecule has 1 N–H and O–H groups in total. The Balaban J connectivity index is 2.06. The standard InChI is InChI=1S/C18H18N4O2S/c1-12-6-4-5-7-13(12)11-19-22-17(20-21-18(22)25)15-9-8-14(23-2)10-16(15)24-3/h4-11H,1-3H3,(H,21,25)/b19-11-. The Morgan fingerprint density at radius 1 is 1.16 bits per heavy atom. The largest absolute Gasteiger partial charge is 0.497 e. The topological polar surface area (TPSA) is 64.4 Å². The fraction of sp³-hybridized carbons (Fsp3) is 0.167. The average Bonchev–Trinajstić information content (AvgIpc) is 3.01. The number of nitrogens with zero attached hydrogens (tertiary/aromatic N) is 3. The van der Waals surface area contributed by atoms with E-state index in [1.807, 2.05) is 43.3 Å². The summed E-state index contributed by atoms with van der Waals surface area (Å²) in [6.07, 6.45) is 1.76. The number of aryl methyl sites for hydroxylation is 1. The number of hydrogen-bond acceptors (Lipinski definition) is 5. The van der Waals surface area contributed by atoms with Gasteiger partial charge in [0.05, 0.1) is 26.0 Å². The van der Waals surface area contributed by atoms with E-state index < -0.39 is 0 Å². The van der Waals surface area contributed by atoms with Gasteiger partial charge in [0.2, 0.25) is 4.77 Å². The average molecular weight is 354 g/mol. The lowest BCUT2D eigenvalue weighted by Crippen LogP contribution is -1.98. The molecule has 0 radical (unpaired) electrons. The van der Waals surface area contributed by atoms with Crippen molar-refractivity contribution in [2.45, 2.75) is 6.92 Å². The lowest BCUT2D eigenvalue weighted by molar-refractivity contribution is 0.395. The van der Waals surface area contributed by atoms with Crippen molar-refractivity contribution in [3.8, 4) is 22.9 Å². The summed E-state index contributed by atoms with van der Waals surface area (Å²) in [5.41, 5.74) is 2.90. The predicted octanol–water partition coefficient (Wildman–Crippen LogP) is 3.82. The molecule has 0 bridgehead atoms. The highest BCUT2D eigenvalue weighted by atomic mass is 32.1. The van der Waals surface area contributed by atoms with Crippen molar-refractivity contribution in [3.63, 3.8) is 0 Å². The molecule has 0 atom stereocenters. The molecule has 0 spiro atoms. The lowest BCUT2D eigenvalue weighted by atomic mass is 10.1. The molecule has 3 aromatic rings. The number of aromatic nitrogens is 3. The summed E-state index contributed by atoms with van der Waals surface area (Å²) in [6, 6.07) is 13.5. The summed E-state index contributed by atoms with van der Waals surface area (Å²) in [7, 11) is 3.21. The molecule has 128 valence electrons. The zero-order chi connectivity index (χ0) is 17.8. The molecule has 0 saturated heterocycles. The van der Waals surface area contributed by atoms with Gasteiger partial charge in [0.25, 0.3) is 0 Å². The maximum absolute atomic E-state index is 5.46. The molecule has 7 heteroatoms. The molecule has 0 aliphatic heterocycles. The molecule has 0 amide bonds. The van der Waals surface area contributed by atoms with Gasteiger partial charge in [0, 0.05) is 6.07 Å². The highest BCUT2D eigenvalue weighted by Gasteiger charge is 2.14. The highest BCUT2D eigenvalue weighted by molar-refractivity contribution is 7.71. The molecule has 25 heavy (non-hydrogen) atoms. The summed E-state index contributed by atoms with van der Waals surface area (Å²) in [5, 5.41) is 11.6. The van der Waals surface area contributed by atoms with Crippen LogP contribution in [0.25, 0.3) is 11.4 Å². The number of benzene rings is 2. The smallest absolute Gasteiger partial charge is 0.216 e. The second kappa shape index (κ2) is 7.31. The molecule has 0 aliphatic rings. The van der Waals surface area contributed by atoms with Gasteiger partial charge in [-0.2, -0.15) is 14.9 Å². The van der Waals surface area contributed by atoms with Crippen LogP contribution in [0.15, 0.2) is 47.6 Å². The van der Waals surface area contributed by atoms with E-state index in [0.29, 0.717) is 22.1 Å². The quantitative estimate of drug-likeness (QED) is 0.559. The van der Waals surface area contributed by atoms with Crippen LogP contribution in [-0.4, -0.2) is 35.3 Å². The monoisotopic (exact) mass is 354 g/mol. The van der Waals surface area contributed by atoms with Crippen molar-refractivity contribution in [2.75, 3.05) is 14.2 Å². The first-order chi connectivity index (χ1) is 12.1. The molecule has 3 rings (SSSR count). The molecule has 2 aromatic carbocycles. The van der Waals surface area contributed by atoms with Gasteiger partial charge in [0.1, 0.15) is 11.5 Å². The van der Waals surface area contributed by atoms with Gasteiger partial charge < -0.3 is 9.47 Å². The van der Waals surface area contributed by atoms with Crippen molar-refractivity contribution >= 4 is 18.4 Å². The number of rotatable bonds is 5. The summed E-state index contributed by atoms with van der Waals surface area (Å²) >= 11 is 5.31. The van der Waals surface area contributed by atoms with Crippen LogP contribution in [0, 0.1) is 11.7 Å². The summed E-state index contributed by atoms with van der Waals surface area (Å²) in [5.74, 6) is 1.89. The Morgan fingerprint density at radius 2 is 1.96 bits per heavy atom. The molecule has 0 fully saturated rings. The van der Waals surface area contributed by atoms with E-state index in [9.17, 15) is 0 Å². The first kappa shape index (κ1) is 16.9. The van der Waals surface area contributed by atoms with E-state index in [4.69, 9.17) is 21.7 Å². The van der Waals surface area contributed by atoms with Gasteiger partial charge in [-0.25, -0.2) is 5.10 Å². The van der Waals surface area contributed by atoms with Crippen molar-refractivity contribution in [1.29, 1.82) is 0 Å². The Kier molecular flexibility index (Phi) is 4.95.